The van der Waals surface area contributed by atoms with Crippen LogP contribution in [0.15, 0.2) is 42.5 Å². The molecule has 3 amide bonds. The largest absolute Gasteiger partial charge is 0.474 e. The van der Waals surface area contributed by atoms with Crippen LogP contribution in [0.4, 0.5) is 5.69 Å². The van der Waals surface area contributed by atoms with E-state index in [1.54, 1.807) is 17.6 Å². The SMILES string of the molecule is CC(C)C[C@@H](C(=O)N1C[C@]2(C[C@H]1C#N)C(=O)Nc1ccccc12)N(C)C(=O)c1cc(OC2CC2)n2nc(C3CC3)cc2c1. The van der Waals surface area contributed by atoms with Crippen molar-refractivity contribution in [3.63, 3.8) is 0 Å². The first kappa shape index (κ1) is 27.4. The van der Waals surface area contributed by atoms with Crippen LogP contribution in [0.3, 0.4) is 0 Å². The number of hydrogen-bond donors (Lipinski definition) is 1. The van der Waals surface area contributed by atoms with Gasteiger partial charge < -0.3 is 19.9 Å². The lowest BCUT2D eigenvalue weighted by atomic mass is 9.80. The van der Waals surface area contributed by atoms with Crippen LogP contribution in [0, 0.1) is 17.2 Å². The Bertz CT molecular complexity index is 1680. The molecule has 43 heavy (non-hydrogen) atoms. The van der Waals surface area contributed by atoms with Crippen molar-refractivity contribution in [2.75, 3.05) is 18.9 Å². The van der Waals surface area contributed by atoms with Gasteiger partial charge in [-0.05, 0) is 61.8 Å². The van der Waals surface area contributed by atoms with Crippen LogP contribution in [0.25, 0.3) is 5.52 Å². The van der Waals surface area contributed by atoms with E-state index in [1.807, 2.05) is 50.2 Å². The van der Waals surface area contributed by atoms with Gasteiger partial charge in [0.2, 0.25) is 17.7 Å². The molecule has 1 saturated heterocycles. The molecule has 1 spiro atoms. The van der Waals surface area contributed by atoms with E-state index in [9.17, 15) is 19.6 Å². The second kappa shape index (κ2) is 10.1. The summed E-state index contributed by atoms with van der Waals surface area (Å²) in [7, 11) is 1.65. The summed E-state index contributed by atoms with van der Waals surface area (Å²) < 4.78 is 7.96. The second-order valence-corrected chi connectivity index (χ2v) is 13.0. The average molecular weight is 581 g/mol. The van der Waals surface area contributed by atoms with Gasteiger partial charge in [0.1, 0.15) is 18.2 Å². The summed E-state index contributed by atoms with van der Waals surface area (Å²) in [6, 6.07) is 13.7. The van der Waals surface area contributed by atoms with Crippen molar-refractivity contribution in [3.05, 3.63) is 59.3 Å². The van der Waals surface area contributed by atoms with Gasteiger partial charge >= 0.3 is 0 Å². The number of amides is 3. The zero-order valence-electron chi connectivity index (χ0n) is 24.7. The van der Waals surface area contributed by atoms with Gasteiger partial charge in [-0.25, -0.2) is 4.52 Å². The van der Waals surface area contributed by atoms with Crippen LogP contribution in [0.1, 0.15) is 79.9 Å². The monoisotopic (exact) mass is 580 g/mol. The number of likely N-dealkylation sites (N-methyl/N-ethyl adjacent to an activating group) is 1. The number of para-hydroxylation sites is 1. The van der Waals surface area contributed by atoms with Crippen molar-refractivity contribution in [2.45, 2.75) is 81.9 Å². The smallest absolute Gasteiger partial charge is 0.254 e. The number of rotatable bonds is 8. The Morgan fingerprint density at radius 2 is 1.95 bits per heavy atom. The van der Waals surface area contributed by atoms with Gasteiger partial charge in [-0.15, -0.1) is 0 Å². The molecule has 10 nitrogen and oxygen atoms in total. The molecular formula is C33H36N6O4. The summed E-state index contributed by atoms with van der Waals surface area (Å²) in [6.45, 7) is 4.10. The maximum Gasteiger partial charge on any atom is 0.254 e. The molecule has 3 atom stereocenters. The lowest BCUT2D eigenvalue weighted by Crippen LogP contribution is -2.52. The van der Waals surface area contributed by atoms with E-state index in [2.05, 4.69) is 11.4 Å². The highest BCUT2D eigenvalue weighted by Gasteiger charge is 2.56. The Morgan fingerprint density at radius 3 is 2.65 bits per heavy atom. The maximum atomic E-state index is 14.3. The van der Waals surface area contributed by atoms with Gasteiger partial charge in [-0.3, -0.25) is 14.4 Å². The first-order chi connectivity index (χ1) is 20.7. The van der Waals surface area contributed by atoms with Crippen LogP contribution >= 0.6 is 0 Å². The first-order valence-corrected chi connectivity index (χ1v) is 15.3. The van der Waals surface area contributed by atoms with Gasteiger partial charge in [-0.2, -0.15) is 10.4 Å². The van der Waals surface area contributed by atoms with Crippen molar-refractivity contribution in [1.29, 1.82) is 5.26 Å². The minimum atomic E-state index is -0.987. The highest BCUT2D eigenvalue weighted by atomic mass is 16.5. The number of nitrogens with zero attached hydrogens (tertiary/aromatic N) is 5. The minimum Gasteiger partial charge on any atom is -0.474 e. The van der Waals surface area contributed by atoms with Crippen molar-refractivity contribution in [1.82, 2.24) is 19.4 Å². The van der Waals surface area contributed by atoms with Crippen LogP contribution in [0.2, 0.25) is 0 Å². The number of benzene rings is 1. The fourth-order valence-electron chi connectivity index (χ4n) is 6.63. The quantitative estimate of drug-likeness (QED) is 0.425. The van der Waals surface area contributed by atoms with Gasteiger partial charge in [0.15, 0.2) is 0 Å². The maximum absolute atomic E-state index is 14.3. The number of carbonyl (C=O) groups is 3. The molecular weight excluding hydrogens is 544 g/mol. The van der Waals surface area contributed by atoms with Crippen molar-refractivity contribution >= 4 is 28.9 Å². The van der Waals surface area contributed by atoms with E-state index in [1.165, 1.54) is 9.80 Å². The lowest BCUT2D eigenvalue weighted by Gasteiger charge is -2.33. The third-order valence-electron chi connectivity index (χ3n) is 9.28. The summed E-state index contributed by atoms with van der Waals surface area (Å²) >= 11 is 0. The molecule has 0 bridgehead atoms. The molecule has 4 heterocycles. The van der Waals surface area contributed by atoms with E-state index in [4.69, 9.17) is 9.84 Å². The predicted octanol–water partition coefficient (Wildman–Crippen LogP) is 4.25. The number of anilines is 1. The second-order valence-electron chi connectivity index (χ2n) is 13.0. The highest BCUT2D eigenvalue weighted by Crippen LogP contribution is 2.46. The Balaban J connectivity index is 1.20. The summed E-state index contributed by atoms with van der Waals surface area (Å²) in [6.07, 6.45) is 4.93. The topological polar surface area (TPSA) is 120 Å². The summed E-state index contributed by atoms with van der Waals surface area (Å²) in [5, 5.41) is 17.8. The minimum absolute atomic E-state index is 0.0919. The van der Waals surface area contributed by atoms with E-state index < -0.39 is 17.5 Å². The molecule has 2 aliphatic carbocycles. The molecule has 1 aromatic carbocycles. The molecule has 2 saturated carbocycles. The number of fused-ring (bicyclic) bond motifs is 3. The van der Waals surface area contributed by atoms with Crippen molar-refractivity contribution < 1.29 is 19.1 Å². The molecule has 0 unspecified atom stereocenters. The first-order valence-electron chi connectivity index (χ1n) is 15.3. The Labute approximate surface area is 250 Å². The molecule has 1 N–H and O–H groups in total. The third kappa shape index (κ3) is 4.71. The number of likely N-dealkylation sites (tertiary alicyclic amines) is 1. The van der Waals surface area contributed by atoms with Gasteiger partial charge in [-0.1, -0.05) is 32.0 Å². The van der Waals surface area contributed by atoms with Gasteiger partial charge in [0, 0.05) is 43.2 Å². The van der Waals surface area contributed by atoms with E-state index in [-0.39, 0.29) is 42.7 Å². The van der Waals surface area contributed by atoms with Crippen molar-refractivity contribution in [2.24, 2.45) is 5.92 Å². The van der Waals surface area contributed by atoms with Gasteiger partial charge in [0.05, 0.1) is 22.7 Å². The number of nitrogens with one attached hydrogen (secondary N) is 1. The van der Waals surface area contributed by atoms with Crippen LogP contribution in [-0.4, -0.2) is 68.9 Å². The number of carbonyl (C=O) groups excluding carboxylic acids is 3. The Hall–Kier alpha value is -4.39. The molecule has 222 valence electrons. The molecule has 3 fully saturated rings. The molecule has 2 aromatic heterocycles. The average Bonchev–Trinajstić information content (AvgIpc) is 3.91. The number of pyridine rings is 1. The molecule has 0 radical (unpaired) electrons. The predicted molar refractivity (Wildman–Crippen MR) is 159 cm³/mol. The van der Waals surface area contributed by atoms with Crippen molar-refractivity contribution in [3.8, 4) is 11.9 Å². The van der Waals surface area contributed by atoms with E-state index in [0.29, 0.717) is 29.5 Å². The number of nitriles is 1. The summed E-state index contributed by atoms with van der Waals surface area (Å²) in [5.41, 5.74) is 2.76. The van der Waals surface area contributed by atoms with E-state index >= 15 is 0 Å². The third-order valence-corrected chi connectivity index (χ3v) is 9.28. The van der Waals surface area contributed by atoms with Crippen LogP contribution in [0.5, 0.6) is 5.88 Å². The van der Waals surface area contributed by atoms with Crippen LogP contribution < -0.4 is 10.1 Å². The molecule has 4 aliphatic rings. The van der Waals surface area contributed by atoms with E-state index in [0.717, 1.165) is 42.5 Å². The normalized spacial score (nSPS) is 23.4. The number of aromatic nitrogens is 2. The van der Waals surface area contributed by atoms with Crippen LogP contribution in [-0.2, 0) is 15.0 Å². The zero-order chi connectivity index (χ0) is 30.0. The molecule has 10 heteroatoms. The standard InChI is InChI=1S/C33H36N6O4/c1-19(2)12-28(31(41)38-18-33(16-23(38)17-34)25-6-4-5-7-26(25)35-32(33)42)37(3)30(40)21-13-22-15-27(20-8-9-20)36-39(22)29(14-21)43-24-10-11-24/h4-7,13-15,19-20,23-24,28H,8-12,16,18H2,1-3H3,(H,35,42)/t23-,28-,33-/m0/s1. The zero-order valence-corrected chi connectivity index (χ0v) is 24.7. The summed E-state index contributed by atoms with van der Waals surface area (Å²) in [4.78, 5) is 44.7. The highest BCUT2D eigenvalue weighted by molar-refractivity contribution is 6.07. The molecule has 2 aliphatic heterocycles. The number of hydrogen-bond acceptors (Lipinski definition) is 6. The lowest BCUT2D eigenvalue weighted by molar-refractivity contribution is -0.136. The fourth-order valence-corrected chi connectivity index (χ4v) is 6.63. The number of ether oxygens (including phenoxy) is 1. The fraction of sp³-hybridized carbons (Fsp3) is 0.485. The molecule has 7 rings (SSSR count). The Morgan fingerprint density at radius 1 is 1.19 bits per heavy atom. The Kier molecular flexibility index (Phi) is 6.45. The molecule has 3 aromatic rings. The van der Waals surface area contributed by atoms with Gasteiger partial charge in [0.25, 0.3) is 5.91 Å². The summed E-state index contributed by atoms with van der Waals surface area (Å²) in [5.74, 6) is 0.270.